The molecule has 1 N–H and O–H groups in total. The molecule has 0 unspecified atom stereocenters. The Morgan fingerprint density at radius 3 is 2.48 bits per heavy atom. The number of hydrogen-bond acceptors (Lipinski definition) is 4. The molecule has 1 heterocycles. The van der Waals surface area contributed by atoms with E-state index in [2.05, 4.69) is 9.71 Å². The van der Waals surface area contributed by atoms with Gasteiger partial charge < -0.3 is 4.42 Å². The van der Waals surface area contributed by atoms with Gasteiger partial charge in [0.15, 0.2) is 5.89 Å². The molecule has 2 aromatic rings. The predicted octanol–water partition coefficient (Wildman–Crippen LogP) is 2.43. The zero-order valence-corrected chi connectivity index (χ0v) is 13.5. The van der Waals surface area contributed by atoms with Crippen LogP contribution in [0.1, 0.15) is 28.5 Å². The zero-order chi connectivity index (χ0) is 15.6. The lowest BCUT2D eigenvalue weighted by Gasteiger charge is -2.09. The second-order valence-corrected chi connectivity index (χ2v) is 6.89. The molecule has 6 heteroatoms. The number of sulfonamides is 1. The molecule has 0 aliphatic carbocycles. The van der Waals surface area contributed by atoms with Crippen molar-refractivity contribution in [1.29, 1.82) is 0 Å². The Labute approximate surface area is 125 Å². The maximum atomic E-state index is 12.3. The van der Waals surface area contributed by atoms with Crippen LogP contribution >= 0.6 is 0 Å². The smallest absolute Gasteiger partial charge is 0.240 e. The molecule has 1 aromatic heterocycles. The van der Waals surface area contributed by atoms with Gasteiger partial charge in [0.1, 0.15) is 5.76 Å². The van der Waals surface area contributed by atoms with Gasteiger partial charge in [-0.1, -0.05) is 17.7 Å². The van der Waals surface area contributed by atoms with E-state index in [-0.39, 0.29) is 6.54 Å². The monoisotopic (exact) mass is 308 g/mol. The minimum atomic E-state index is -3.50. The number of nitrogens with one attached hydrogen (secondary N) is 1. The Balaban J connectivity index is 2.06. The third kappa shape index (κ3) is 3.71. The van der Waals surface area contributed by atoms with Crippen LogP contribution in [0.5, 0.6) is 0 Å². The molecule has 0 aliphatic rings. The van der Waals surface area contributed by atoms with Crippen LogP contribution in [-0.4, -0.2) is 19.9 Å². The topological polar surface area (TPSA) is 72.2 Å². The Morgan fingerprint density at radius 2 is 1.90 bits per heavy atom. The van der Waals surface area contributed by atoms with Gasteiger partial charge in [-0.05, 0) is 32.4 Å². The van der Waals surface area contributed by atoms with Crippen molar-refractivity contribution < 1.29 is 12.8 Å². The second-order valence-electron chi connectivity index (χ2n) is 5.16. The normalized spacial score (nSPS) is 11.8. The number of oxazole rings is 1. The summed E-state index contributed by atoms with van der Waals surface area (Å²) in [5.41, 5.74) is 2.59. The summed E-state index contributed by atoms with van der Waals surface area (Å²) in [4.78, 5) is 4.48. The zero-order valence-electron chi connectivity index (χ0n) is 12.7. The van der Waals surface area contributed by atoms with E-state index in [9.17, 15) is 8.42 Å². The van der Waals surface area contributed by atoms with Gasteiger partial charge in [0.25, 0.3) is 0 Å². The summed E-state index contributed by atoms with van der Waals surface area (Å²) in [6.07, 6.45) is 0.483. The van der Waals surface area contributed by atoms with E-state index in [1.807, 2.05) is 19.9 Å². The number of rotatable bonds is 5. The van der Waals surface area contributed by atoms with E-state index in [0.717, 1.165) is 22.6 Å². The third-order valence-corrected chi connectivity index (χ3v) is 4.88. The molecule has 0 saturated carbocycles. The van der Waals surface area contributed by atoms with Crippen LogP contribution in [0.3, 0.4) is 0 Å². The lowest BCUT2D eigenvalue weighted by Crippen LogP contribution is -2.26. The molecule has 0 atom stereocenters. The second kappa shape index (κ2) is 5.99. The van der Waals surface area contributed by atoms with E-state index in [4.69, 9.17) is 4.42 Å². The number of aromatic nitrogens is 1. The van der Waals surface area contributed by atoms with Crippen molar-refractivity contribution in [2.45, 2.75) is 39.0 Å². The van der Waals surface area contributed by atoms with Crippen molar-refractivity contribution in [3.63, 3.8) is 0 Å². The van der Waals surface area contributed by atoms with E-state index in [1.165, 1.54) is 0 Å². The van der Waals surface area contributed by atoms with Crippen molar-refractivity contribution in [1.82, 2.24) is 9.71 Å². The van der Waals surface area contributed by atoms with E-state index >= 15 is 0 Å². The molecule has 114 valence electrons. The molecule has 0 spiro atoms. The third-order valence-electron chi connectivity index (χ3n) is 3.26. The summed E-state index contributed by atoms with van der Waals surface area (Å²) in [6, 6.07) is 5.29. The highest BCUT2D eigenvalue weighted by Gasteiger charge is 2.17. The maximum Gasteiger partial charge on any atom is 0.240 e. The molecular formula is C15H20N2O3S. The van der Waals surface area contributed by atoms with Crippen molar-refractivity contribution >= 4 is 10.0 Å². The molecule has 0 radical (unpaired) electrons. The van der Waals surface area contributed by atoms with Gasteiger partial charge >= 0.3 is 0 Å². The lowest BCUT2D eigenvalue weighted by atomic mass is 10.2. The molecule has 0 aliphatic heterocycles. The van der Waals surface area contributed by atoms with Gasteiger partial charge in [-0.2, -0.15) is 0 Å². The molecule has 2 rings (SSSR count). The van der Waals surface area contributed by atoms with Gasteiger partial charge in [-0.25, -0.2) is 18.1 Å². The van der Waals surface area contributed by atoms with Crippen molar-refractivity contribution in [3.8, 4) is 0 Å². The van der Waals surface area contributed by atoms with Gasteiger partial charge in [-0.15, -0.1) is 0 Å². The number of hydrogen-bond donors (Lipinski definition) is 1. The average Bonchev–Trinajstić information content (AvgIpc) is 2.67. The fraction of sp³-hybridized carbons (Fsp3) is 0.400. The number of benzene rings is 1. The first-order valence-electron chi connectivity index (χ1n) is 6.79. The van der Waals surface area contributed by atoms with Gasteiger partial charge in [-0.3, -0.25) is 0 Å². The van der Waals surface area contributed by atoms with Crippen LogP contribution in [0.25, 0.3) is 0 Å². The Bertz CT molecular complexity index is 748. The van der Waals surface area contributed by atoms with Gasteiger partial charge in [0.2, 0.25) is 10.0 Å². The maximum absolute atomic E-state index is 12.3. The SMILES string of the molecule is Cc1ccc(S(=O)(=O)NCCc2oc(C)nc2C)c(C)c1. The van der Waals surface area contributed by atoms with Gasteiger partial charge in [0.05, 0.1) is 10.6 Å². The summed E-state index contributed by atoms with van der Waals surface area (Å²) in [5.74, 6) is 1.32. The minimum absolute atomic E-state index is 0.283. The first kappa shape index (κ1) is 15.7. The molecule has 21 heavy (non-hydrogen) atoms. The Hall–Kier alpha value is -1.66. The number of aryl methyl sites for hydroxylation is 4. The van der Waals surface area contributed by atoms with E-state index < -0.39 is 10.0 Å². The summed E-state index contributed by atoms with van der Waals surface area (Å²) >= 11 is 0. The standard InChI is InChI=1S/C15H20N2O3S/c1-10-5-6-15(11(2)9-10)21(18,19)16-8-7-14-12(3)17-13(4)20-14/h5-6,9,16H,7-8H2,1-4H3. The first-order valence-corrected chi connectivity index (χ1v) is 8.28. The van der Waals surface area contributed by atoms with Crippen LogP contribution in [0.4, 0.5) is 0 Å². The van der Waals surface area contributed by atoms with E-state index in [1.54, 1.807) is 26.0 Å². The molecule has 5 nitrogen and oxygen atoms in total. The van der Waals surface area contributed by atoms with Gasteiger partial charge in [0, 0.05) is 19.9 Å². The summed E-state index contributed by atoms with van der Waals surface area (Å²) < 4.78 is 32.6. The van der Waals surface area contributed by atoms with Crippen molar-refractivity contribution in [2.75, 3.05) is 6.54 Å². The Morgan fingerprint density at radius 1 is 1.19 bits per heavy atom. The fourth-order valence-electron chi connectivity index (χ4n) is 2.28. The molecule has 0 amide bonds. The molecule has 0 saturated heterocycles. The molecular weight excluding hydrogens is 288 g/mol. The average molecular weight is 308 g/mol. The first-order chi connectivity index (χ1) is 9.79. The molecule has 0 bridgehead atoms. The minimum Gasteiger partial charge on any atom is -0.446 e. The summed E-state index contributed by atoms with van der Waals surface area (Å²) in [7, 11) is -3.50. The highest BCUT2D eigenvalue weighted by Crippen LogP contribution is 2.16. The largest absolute Gasteiger partial charge is 0.446 e. The van der Waals surface area contributed by atoms with Crippen LogP contribution in [-0.2, 0) is 16.4 Å². The molecule has 1 aromatic carbocycles. The summed E-state index contributed by atoms with van der Waals surface area (Å²) in [6.45, 7) is 7.64. The highest BCUT2D eigenvalue weighted by molar-refractivity contribution is 7.89. The predicted molar refractivity (Wildman–Crippen MR) is 80.8 cm³/mol. The molecule has 0 fully saturated rings. The van der Waals surface area contributed by atoms with E-state index in [0.29, 0.717) is 17.2 Å². The highest BCUT2D eigenvalue weighted by atomic mass is 32.2. The van der Waals surface area contributed by atoms with Crippen LogP contribution < -0.4 is 4.72 Å². The van der Waals surface area contributed by atoms with Crippen LogP contribution in [0.15, 0.2) is 27.5 Å². The fourth-order valence-corrected chi connectivity index (χ4v) is 3.54. The Kier molecular flexibility index (Phi) is 4.49. The quantitative estimate of drug-likeness (QED) is 0.921. The van der Waals surface area contributed by atoms with Crippen LogP contribution in [0, 0.1) is 27.7 Å². The summed E-state index contributed by atoms with van der Waals surface area (Å²) in [5, 5.41) is 0. The lowest BCUT2D eigenvalue weighted by molar-refractivity contribution is 0.472. The number of nitrogens with zero attached hydrogens (tertiary/aromatic N) is 1. The van der Waals surface area contributed by atoms with Crippen molar-refractivity contribution in [2.24, 2.45) is 0 Å². The van der Waals surface area contributed by atoms with Crippen LogP contribution in [0.2, 0.25) is 0 Å². The van der Waals surface area contributed by atoms with Crippen molar-refractivity contribution in [3.05, 3.63) is 46.7 Å².